The number of benzene rings is 3. The van der Waals surface area contributed by atoms with Crippen LogP contribution in [0.25, 0.3) is 37.4 Å². The van der Waals surface area contributed by atoms with Crippen molar-refractivity contribution in [2.24, 2.45) is 0 Å². The Balaban J connectivity index is 1.71. The minimum absolute atomic E-state index is 0.0625. The number of aryl methyl sites for hydroxylation is 1. The number of carbonyl (C=O) groups is 1. The van der Waals surface area contributed by atoms with Crippen LogP contribution in [0.2, 0.25) is 5.02 Å². The molecule has 3 heterocycles. The van der Waals surface area contributed by atoms with Crippen LogP contribution in [0.15, 0.2) is 77.2 Å². The number of halogens is 1. The molecular formula is C27H17ClN2O4S. The van der Waals surface area contributed by atoms with Gasteiger partial charge in [-0.1, -0.05) is 65.4 Å². The van der Waals surface area contributed by atoms with Crippen LogP contribution in [0.4, 0.5) is 0 Å². The van der Waals surface area contributed by atoms with Gasteiger partial charge in [-0.05, 0) is 48.0 Å². The van der Waals surface area contributed by atoms with Crippen LogP contribution in [-0.4, -0.2) is 25.5 Å². The highest BCUT2D eigenvalue weighted by Gasteiger charge is 2.32. The molecule has 0 atom stereocenters. The normalized spacial score (nSPS) is 11.5. The number of aromatic hydroxyl groups is 2. The first-order chi connectivity index (χ1) is 16.9. The maximum atomic E-state index is 13.6. The Kier molecular flexibility index (Phi) is 4.91. The molecule has 6 aromatic rings. The lowest BCUT2D eigenvalue weighted by atomic mass is 9.97. The molecule has 35 heavy (non-hydrogen) atoms. The molecule has 0 saturated heterocycles. The third kappa shape index (κ3) is 3.39. The molecule has 0 radical (unpaired) electrons. The lowest BCUT2D eigenvalue weighted by molar-refractivity contribution is 0.101. The summed E-state index contributed by atoms with van der Waals surface area (Å²) < 4.78 is 7.79. The average Bonchev–Trinajstić information content (AvgIpc) is 3.54. The lowest BCUT2D eigenvalue weighted by Crippen LogP contribution is -2.04. The van der Waals surface area contributed by atoms with E-state index in [-0.39, 0.29) is 11.3 Å². The van der Waals surface area contributed by atoms with Gasteiger partial charge in [-0.15, -0.1) is 0 Å². The van der Waals surface area contributed by atoms with E-state index >= 15 is 0 Å². The van der Waals surface area contributed by atoms with E-state index in [9.17, 15) is 15.0 Å². The molecule has 0 spiro atoms. The van der Waals surface area contributed by atoms with E-state index in [0.29, 0.717) is 32.7 Å². The van der Waals surface area contributed by atoms with Crippen LogP contribution in [0, 0.1) is 6.92 Å². The number of hydrogen-bond acceptors (Lipinski definition) is 6. The first-order valence-electron chi connectivity index (χ1n) is 10.7. The van der Waals surface area contributed by atoms with E-state index in [0.717, 1.165) is 15.5 Å². The first kappa shape index (κ1) is 21.5. The number of aromatic nitrogens is 2. The summed E-state index contributed by atoms with van der Waals surface area (Å²) in [5, 5.41) is 24.9. The van der Waals surface area contributed by atoms with E-state index in [4.69, 9.17) is 16.0 Å². The van der Waals surface area contributed by atoms with Crippen molar-refractivity contribution in [3.8, 4) is 28.0 Å². The predicted octanol–water partition coefficient (Wildman–Crippen LogP) is 7.10. The minimum atomic E-state index is -0.545. The first-order valence-corrected chi connectivity index (χ1v) is 11.9. The van der Waals surface area contributed by atoms with Gasteiger partial charge in [-0.3, -0.25) is 9.36 Å². The standard InChI is InChI=1S/C27H17ClN2O4S/c1-14-9-12-20(34-14)24(31)22-23(18-8-4-6-15-5-2-3-7-17(15)18)30(26(33)25(22)32)27-29-19-11-10-16(28)13-21(19)35-27/h2-13,32-33H,1H3. The second-order valence-electron chi connectivity index (χ2n) is 8.11. The highest BCUT2D eigenvalue weighted by Crippen LogP contribution is 2.46. The summed E-state index contributed by atoms with van der Waals surface area (Å²) in [6, 6.07) is 21.9. The molecule has 0 aliphatic carbocycles. The summed E-state index contributed by atoms with van der Waals surface area (Å²) >= 11 is 7.45. The van der Waals surface area contributed by atoms with Gasteiger partial charge in [-0.25, -0.2) is 4.98 Å². The Morgan fingerprint density at radius 3 is 2.63 bits per heavy atom. The van der Waals surface area contributed by atoms with Crippen molar-refractivity contribution in [3.05, 3.63) is 94.9 Å². The summed E-state index contributed by atoms with van der Waals surface area (Å²) in [5.41, 5.74) is 1.59. The van der Waals surface area contributed by atoms with E-state index < -0.39 is 17.4 Å². The van der Waals surface area contributed by atoms with Crippen molar-refractivity contribution < 1.29 is 19.4 Å². The smallest absolute Gasteiger partial charge is 0.242 e. The minimum Gasteiger partial charge on any atom is -0.503 e. The summed E-state index contributed by atoms with van der Waals surface area (Å²) in [5.74, 6) is -0.940. The largest absolute Gasteiger partial charge is 0.503 e. The molecular weight excluding hydrogens is 484 g/mol. The van der Waals surface area contributed by atoms with Gasteiger partial charge in [0, 0.05) is 10.6 Å². The molecule has 0 aliphatic rings. The van der Waals surface area contributed by atoms with Crippen LogP contribution in [0.1, 0.15) is 21.9 Å². The van der Waals surface area contributed by atoms with E-state index in [2.05, 4.69) is 4.98 Å². The number of fused-ring (bicyclic) bond motifs is 2. The Hall–Kier alpha value is -4.07. The molecule has 0 amide bonds. The number of rotatable bonds is 4. The van der Waals surface area contributed by atoms with Crippen LogP contribution in [0.3, 0.4) is 0 Å². The number of hydrogen-bond donors (Lipinski definition) is 2. The molecule has 6 rings (SSSR count). The van der Waals surface area contributed by atoms with Crippen molar-refractivity contribution >= 4 is 49.7 Å². The highest BCUT2D eigenvalue weighted by molar-refractivity contribution is 7.20. The number of thiazole rings is 1. The summed E-state index contributed by atoms with van der Waals surface area (Å²) in [6.07, 6.45) is 0. The average molecular weight is 501 g/mol. The zero-order valence-electron chi connectivity index (χ0n) is 18.3. The van der Waals surface area contributed by atoms with E-state index in [1.165, 1.54) is 15.9 Å². The van der Waals surface area contributed by atoms with Gasteiger partial charge in [0.2, 0.25) is 11.7 Å². The van der Waals surface area contributed by atoms with Crippen LogP contribution in [-0.2, 0) is 0 Å². The predicted molar refractivity (Wildman–Crippen MR) is 137 cm³/mol. The third-order valence-electron chi connectivity index (χ3n) is 5.89. The molecule has 0 fully saturated rings. The van der Waals surface area contributed by atoms with Crippen LogP contribution < -0.4 is 0 Å². The second kappa shape index (κ2) is 8.01. The fourth-order valence-corrected chi connectivity index (χ4v) is 5.55. The number of ketones is 1. The molecule has 6 nitrogen and oxygen atoms in total. The Bertz CT molecular complexity index is 1770. The van der Waals surface area contributed by atoms with Crippen molar-refractivity contribution in [3.63, 3.8) is 0 Å². The zero-order valence-corrected chi connectivity index (χ0v) is 19.9. The third-order valence-corrected chi connectivity index (χ3v) is 7.13. The Morgan fingerprint density at radius 2 is 1.83 bits per heavy atom. The number of nitrogens with zero attached hydrogens (tertiary/aromatic N) is 2. The number of carbonyl (C=O) groups excluding carboxylic acids is 1. The maximum absolute atomic E-state index is 13.6. The van der Waals surface area contributed by atoms with E-state index in [1.807, 2.05) is 42.5 Å². The van der Waals surface area contributed by atoms with Gasteiger partial charge in [0.15, 0.2) is 16.6 Å². The van der Waals surface area contributed by atoms with Crippen molar-refractivity contribution in [2.75, 3.05) is 0 Å². The topological polar surface area (TPSA) is 88.5 Å². The van der Waals surface area contributed by atoms with Crippen molar-refractivity contribution in [2.45, 2.75) is 6.92 Å². The van der Waals surface area contributed by atoms with Crippen molar-refractivity contribution in [1.29, 1.82) is 0 Å². The molecule has 3 aromatic carbocycles. The number of furan rings is 1. The second-order valence-corrected chi connectivity index (χ2v) is 9.55. The summed E-state index contributed by atoms with van der Waals surface area (Å²) in [4.78, 5) is 18.3. The van der Waals surface area contributed by atoms with E-state index in [1.54, 1.807) is 37.3 Å². The molecule has 0 aliphatic heterocycles. The van der Waals surface area contributed by atoms with Gasteiger partial charge in [-0.2, -0.15) is 0 Å². The summed E-state index contributed by atoms with van der Waals surface area (Å²) in [7, 11) is 0. The molecule has 3 aromatic heterocycles. The van der Waals surface area contributed by atoms with Gasteiger partial charge in [0.25, 0.3) is 0 Å². The van der Waals surface area contributed by atoms with Crippen LogP contribution in [0.5, 0.6) is 11.6 Å². The molecule has 0 unspecified atom stereocenters. The van der Waals surface area contributed by atoms with Gasteiger partial charge in [0.05, 0.1) is 21.5 Å². The van der Waals surface area contributed by atoms with Crippen LogP contribution >= 0.6 is 22.9 Å². The lowest BCUT2D eigenvalue weighted by Gasteiger charge is -2.12. The molecule has 0 saturated carbocycles. The fraction of sp³-hybridized carbons (Fsp3) is 0.0370. The quantitative estimate of drug-likeness (QED) is 0.252. The maximum Gasteiger partial charge on any atom is 0.242 e. The Labute approximate surface area is 208 Å². The van der Waals surface area contributed by atoms with Gasteiger partial charge >= 0.3 is 0 Å². The zero-order chi connectivity index (χ0) is 24.3. The monoisotopic (exact) mass is 500 g/mol. The molecule has 2 N–H and O–H groups in total. The fourth-order valence-electron chi connectivity index (χ4n) is 4.30. The molecule has 0 bridgehead atoms. The van der Waals surface area contributed by atoms with Crippen molar-refractivity contribution in [1.82, 2.24) is 9.55 Å². The van der Waals surface area contributed by atoms with Gasteiger partial charge in [0.1, 0.15) is 5.76 Å². The molecule has 172 valence electrons. The van der Waals surface area contributed by atoms with Gasteiger partial charge < -0.3 is 14.6 Å². The SMILES string of the molecule is Cc1ccc(C(=O)c2c(O)c(O)n(-c3nc4ccc(Cl)cc4s3)c2-c2cccc3ccccc23)o1. The Morgan fingerprint density at radius 1 is 1.03 bits per heavy atom. The highest BCUT2D eigenvalue weighted by atomic mass is 35.5. The summed E-state index contributed by atoms with van der Waals surface area (Å²) in [6.45, 7) is 1.73. The molecule has 8 heteroatoms.